The van der Waals surface area contributed by atoms with Crippen molar-refractivity contribution in [2.75, 3.05) is 4.90 Å². The first-order valence-corrected chi connectivity index (χ1v) is 20.5. The van der Waals surface area contributed by atoms with Gasteiger partial charge in [0, 0.05) is 32.6 Å². The molecule has 3 aliphatic carbocycles. The van der Waals surface area contributed by atoms with Crippen LogP contribution in [-0.2, 0) is 17.0 Å². The van der Waals surface area contributed by atoms with Crippen molar-refractivity contribution in [2.45, 2.75) is 76.8 Å². The maximum absolute atomic E-state index is 2.64. The van der Waals surface area contributed by atoms with E-state index in [4.69, 9.17) is 0 Å². The van der Waals surface area contributed by atoms with E-state index in [0.717, 1.165) is 12.8 Å². The van der Waals surface area contributed by atoms with Crippen LogP contribution in [0.25, 0.3) is 37.7 Å². The Kier molecular flexibility index (Phi) is 7.97. The lowest BCUT2D eigenvalue weighted by molar-refractivity contribution is 0.332. The van der Waals surface area contributed by atoms with Crippen LogP contribution in [0.2, 0.25) is 0 Å². The van der Waals surface area contributed by atoms with Gasteiger partial charge in [0.15, 0.2) is 0 Å². The van der Waals surface area contributed by atoms with Gasteiger partial charge < -0.3 is 4.90 Å². The molecule has 5 aromatic carbocycles. The zero-order valence-electron chi connectivity index (χ0n) is 30.5. The number of hydrogen-bond donors (Lipinski definition) is 0. The molecule has 51 heavy (non-hydrogen) atoms. The Morgan fingerprint density at radius 3 is 2.12 bits per heavy atom. The van der Waals surface area contributed by atoms with Crippen LogP contribution in [0.1, 0.15) is 76.5 Å². The maximum atomic E-state index is 2.64. The second-order valence-corrected chi connectivity index (χ2v) is 18.5. The molecule has 1 heterocycles. The molecule has 0 radical (unpaired) electrons. The van der Waals surface area contributed by atoms with E-state index < -0.39 is 7.53 Å². The molecule has 0 spiro atoms. The van der Waals surface area contributed by atoms with Crippen molar-refractivity contribution in [3.63, 3.8) is 0 Å². The second-order valence-electron chi connectivity index (χ2n) is 16.3. The largest absolute Gasteiger partial charge is 0.309 e. The third kappa shape index (κ3) is 5.62. The Morgan fingerprint density at radius 2 is 1.39 bits per heavy atom. The predicted octanol–water partition coefficient (Wildman–Crippen LogP) is 14.8. The lowest BCUT2D eigenvalue weighted by Crippen LogP contribution is -2.34. The Labute approximate surface area is 305 Å². The molecule has 9 rings (SSSR count). The lowest BCUT2D eigenvalue weighted by Gasteiger charge is -2.42. The van der Waals surface area contributed by atoms with E-state index in [9.17, 15) is 0 Å². The molecule has 2 unspecified atom stereocenters. The van der Waals surface area contributed by atoms with Crippen LogP contribution >= 0.6 is 7.53 Å². The molecule has 0 fully saturated rings. The van der Waals surface area contributed by atoms with Gasteiger partial charge in [0.25, 0.3) is 0 Å². The zero-order valence-corrected chi connectivity index (χ0v) is 31.4. The topological polar surface area (TPSA) is 3.24 Å². The first-order valence-electron chi connectivity index (χ1n) is 19.0. The molecule has 0 saturated heterocycles. The second kappa shape index (κ2) is 12.6. The van der Waals surface area contributed by atoms with Gasteiger partial charge in [-0.05, 0) is 119 Å². The summed E-state index contributed by atoms with van der Waals surface area (Å²) in [6.07, 6.45) is 18.7. The minimum absolute atomic E-state index is 0.110. The van der Waals surface area contributed by atoms with Gasteiger partial charge in [-0.1, -0.05) is 137 Å². The fourth-order valence-electron chi connectivity index (χ4n) is 8.89. The fraction of sp³-hybridized carbons (Fsp3) is 0.265. The van der Waals surface area contributed by atoms with Crippen LogP contribution in [0.3, 0.4) is 0 Å². The van der Waals surface area contributed by atoms with Crippen molar-refractivity contribution in [1.29, 1.82) is 0 Å². The Bertz CT molecular complexity index is 2360. The van der Waals surface area contributed by atoms with E-state index in [0.29, 0.717) is 5.92 Å². The SMILES string of the molecule is CC1(C)CCC(C)(C)c2cc(N(c3ccc(-c4ccccc4)cc3)c3c(C4=CC=CCC4)ccc4c3c3ccccc3p4CC3C=CC3)ccc21. The summed E-state index contributed by atoms with van der Waals surface area (Å²) in [7, 11) is -0.462. The van der Waals surface area contributed by atoms with Gasteiger partial charge in [0.05, 0.1) is 5.69 Å². The Morgan fingerprint density at radius 1 is 0.686 bits per heavy atom. The number of anilines is 3. The number of benzene rings is 5. The normalized spacial score (nSPS) is 19.1. The first-order chi connectivity index (χ1) is 24.8. The highest BCUT2D eigenvalue weighted by Gasteiger charge is 2.38. The first kappa shape index (κ1) is 32.3. The molecule has 0 bridgehead atoms. The van der Waals surface area contributed by atoms with Crippen molar-refractivity contribution >= 4 is 51.2 Å². The van der Waals surface area contributed by atoms with E-state index in [1.165, 1.54) is 86.6 Å². The van der Waals surface area contributed by atoms with Gasteiger partial charge in [-0.3, -0.25) is 0 Å². The van der Waals surface area contributed by atoms with Crippen LogP contribution in [0, 0.1) is 5.92 Å². The summed E-state index contributed by atoms with van der Waals surface area (Å²) in [6.45, 7) is 9.77. The summed E-state index contributed by atoms with van der Waals surface area (Å²) in [5.74, 6) is 0.678. The molecule has 2 heteroatoms. The van der Waals surface area contributed by atoms with Gasteiger partial charge in [0.1, 0.15) is 0 Å². The zero-order chi connectivity index (χ0) is 34.7. The molecule has 6 aromatic rings. The summed E-state index contributed by atoms with van der Waals surface area (Å²) in [4.78, 5) is 2.64. The van der Waals surface area contributed by atoms with E-state index in [-0.39, 0.29) is 10.8 Å². The number of allylic oxidation sites excluding steroid dienone is 6. The van der Waals surface area contributed by atoms with Crippen molar-refractivity contribution in [3.05, 3.63) is 156 Å². The monoisotopic (exact) mass is 681 g/mol. The number of hydrogen-bond acceptors (Lipinski definition) is 1. The van der Waals surface area contributed by atoms with Crippen LogP contribution in [0.4, 0.5) is 17.1 Å². The molecule has 3 aliphatic rings. The number of rotatable bonds is 7. The molecule has 254 valence electrons. The third-order valence-electron chi connectivity index (χ3n) is 12.1. The Hall–Kier alpha value is -4.58. The fourth-order valence-corrected chi connectivity index (χ4v) is 11.8. The minimum Gasteiger partial charge on any atom is -0.309 e. The molecule has 0 N–H and O–H groups in total. The van der Waals surface area contributed by atoms with E-state index in [1.807, 2.05) is 0 Å². The van der Waals surface area contributed by atoms with Gasteiger partial charge in [-0.25, -0.2) is 0 Å². The van der Waals surface area contributed by atoms with E-state index in [1.54, 1.807) is 10.2 Å². The van der Waals surface area contributed by atoms with E-state index >= 15 is 0 Å². The van der Waals surface area contributed by atoms with Crippen LogP contribution in [0.15, 0.2) is 140 Å². The van der Waals surface area contributed by atoms with Crippen molar-refractivity contribution in [1.82, 2.24) is 0 Å². The van der Waals surface area contributed by atoms with Crippen LogP contribution in [0.5, 0.6) is 0 Å². The van der Waals surface area contributed by atoms with Gasteiger partial charge >= 0.3 is 0 Å². The third-order valence-corrected chi connectivity index (χ3v) is 14.8. The maximum Gasteiger partial charge on any atom is 0.0624 e. The average Bonchev–Trinajstić information content (AvgIpc) is 3.46. The quantitative estimate of drug-likeness (QED) is 0.152. The molecule has 1 nitrogen and oxygen atoms in total. The molecular weight excluding hydrogens is 634 g/mol. The van der Waals surface area contributed by atoms with Crippen molar-refractivity contribution in [2.24, 2.45) is 5.92 Å². The van der Waals surface area contributed by atoms with Gasteiger partial charge in [-0.15, -0.1) is 7.53 Å². The molecule has 0 amide bonds. The van der Waals surface area contributed by atoms with Gasteiger partial charge in [-0.2, -0.15) is 0 Å². The van der Waals surface area contributed by atoms with Gasteiger partial charge in [0.2, 0.25) is 0 Å². The van der Waals surface area contributed by atoms with Crippen LogP contribution < -0.4 is 4.90 Å². The molecule has 0 aliphatic heterocycles. The highest BCUT2D eigenvalue weighted by molar-refractivity contribution is 7.60. The van der Waals surface area contributed by atoms with Crippen molar-refractivity contribution < 1.29 is 0 Å². The Balaban J connectivity index is 1.36. The lowest BCUT2D eigenvalue weighted by atomic mass is 9.63. The summed E-state index contributed by atoms with van der Waals surface area (Å²) in [6, 6.07) is 41.9. The number of nitrogens with zero attached hydrogens (tertiary/aromatic N) is 1. The average molecular weight is 682 g/mol. The molecule has 1 aromatic heterocycles. The summed E-state index contributed by atoms with van der Waals surface area (Å²) >= 11 is 0. The standard InChI is InChI=1S/C49H48NP/c1-48(2)30-31-49(3,4)43-32-39(26-28-42(43)48)50(38-24-22-36(23-25-38)35-16-7-5-8-17-35)47-40(37-18-9-6-10-19-37)27-29-45-46(47)41-20-11-12-21-44(41)51(45)33-34-14-13-15-34/h5-9,11-14,16-18,20-29,32,34H,10,15,19,30-31,33H2,1-4H3. The molecular formula is C49H48NP. The summed E-state index contributed by atoms with van der Waals surface area (Å²) in [5.41, 5.74) is 12.4. The predicted molar refractivity (Wildman–Crippen MR) is 223 cm³/mol. The minimum atomic E-state index is -0.462. The molecule has 0 saturated carbocycles. The van der Waals surface area contributed by atoms with Crippen LogP contribution in [-0.4, -0.2) is 0 Å². The van der Waals surface area contributed by atoms with E-state index in [2.05, 4.69) is 172 Å². The summed E-state index contributed by atoms with van der Waals surface area (Å²) in [5, 5.41) is 5.96. The summed E-state index contributed by atoms with van der Waals surface area (Å²) < 4.78 is 0. The van der Waals surface area contributed by atoms with Crippen molar-refractivity contribution in [3.8, 4) is 11.1 Å². The smallest absolute Gasteiger partial charge is 0.0624 e. The number of fused-ring (bicyclic) bond motifs is 4. The molecule has 2 atom stereocenters. The highest BCUT2D eigenvalue weighted by atomic mass is 31.1. The highest BCUT2D eigenvalue weighted by Crippen LogP contribution is 2.58.